The highest BCUT2D eigenvalue weighted by Gasteiger charge is 2.30. The summed E-state index contributed by atoms with van der Waals surface area (Å²) in [5, 5.41) is 3.01. The van der Waals surface area contributed by atoms with Gasteiger partial charge in [0.05, 0.1) is 11.4 Å². The molecule has 6 nitrogen and oxygen atoms in total. The number of carbonyl (C=O) groups is 1. The van der Waals surface area contributed by atoms with E-state index in [-0.39, 0.29) is 11.9 Å². The second-order valence-corrected chi connectivity index (χ2v) is 9.66. The number of hydrogen-bond acceptors (Lipinski definition) is 4. The number of hydrogen-bond donors (Lipinski definition) is 1. The first-order valence-electron chi connectivity index (χ1n) is 10.0. The summed E-state index contributed by atoms with van der Waals surface area (Å²) in [6.07, 6.45) is 5.14. The Kier molecular flexibility index (Phi) is 6.55. The fourth-order valence-electron chi connectivity index (χ4n) is 4.01. The minimum atomic E-state index is -3.46. The molecule has 150 valence electrons. The molecule has 0 aromatic heterocycles. The van der Waals surface area contributed by atoms with Crippen molar-refractivity contribution in [2.24, 2.45) is 0 Å². The molecule has 0 radical (unpaired) electrons. The number of carbonyl (C=O) groups excluding carboxylic acids is 1. The van der Waals surface area contributed by atoms with E-state index in [1.54, 1.807) is 10.4 Å². The lowest BCUT2D eigenvalue weighted by Gasteiger charge is -2.33. The van der Waals surface area contributed by atoms with Crippen molar-refractivity contribution in [1.29, 1.82) is 0 Å². The van der Waals surface area contributed by atoms with Crippen LogP contribution in [-0.2, 0) is 27.7 Å². The van der Waals surface area contributed by atoms with Crippen LogP contribution in [0.15, 0.2) is 23.1 Å². The maximum Gasteiger partial charge on any atom is 0.243 e. The molecule has 1 fully saturated rings. The molecule has 1 atom stereocenters. The first kappa shape index (κ1) is 20.3. The van der Waals surface area contributed by atoms with E-state index in [1.165, 1.54) is 11.1 Å². The van der Waals surface area contributed by atoms with Gasteiger partial charge in [-0.1, -0.05) is 19.4 Å². The first-order chi connectivity index (χ1) is 12.9. The SMILES string of the molecule is CCC[C@H](C)NC(=O)CN1CCN(S(=O)(=O)c2ccc3c(c2)CCC3)CC1. The van der Waals surface area contributed by atoms with E-state index in [1.807, 2.05) is 24.0 Å². The van der Waals surface area contributed by atoms with E-state index in [0.717, 1.165) is 32.1 Å². The fraction of sp³-hybridized carbons (Fsp3) is 0.650. The molecule has 1 N–H and O–H groups in total. The second kappa shape index (κ2) is 8.71. The van der Waals surface area contributed by atoms with Gasteiger partial charge in [-0.2, -0.15) is 4.31 Å². The summed E-state index contributed by atoms with van der Waals surface area (Å²) in [4.78, 5) is 14.6. The van der Waals surface area contributed by atoms with E-state index < -0.39 is 10.0 Å². The molecule has 1 aromatic rings. The van der Waals surface area contributed by atoms with Gasteiger partial charge in [0.1, 0.15) is 0 Å². The quantitative estimate of drug-likeness (QED) is 0.767. The Labute approximate surface area is 163 Å². The number of piperazine rings is 1. The van der Waals surface area contributed by atoms with Gasteiger partial charge in [-0.3, -0.25) is 9.69 Å². The van der Waals surface area contributed by atoms with Crippen LogP contribution in [0.3, 0.4) is 0 Å². The molecule has 0 unspecified atom stereocenters. The molecule has 2 aliphatic rings. The fourth-order valence-corrected chi connectivity index (χ4v) is 5.49. The summed E-state index contributed by atoms with van der Waals surface area (Å²) in [6.45, 7) is 6.47. The topological polar surface area (TPSA) is 69.7 Å². The van der Waals surface area contributed by atoms with Crippen LogP contribution in [0.1, 0.15) is 44.2 Å². The van der Waals surface area contributed by atoms with Crippen LogP contribution in [0, 0.1) is 0 Å². The van der Waals surface area contributed by atoms with Crippen LogP contribution in [0.25, 0.3) is 0 Å². The minimum absolute atomic E-state index is 0.0193. The van der Waals surface area contributed by atoms with Gasteiger partial charge in [0.2, 0.25) is 15.9 Å². The van der Waals surface area contributed by atoms with Crippen molar-refractivity contribution < 1.29 is 13.2 Å². The normalized spacial score (nSPS) is 19.6. The van der Waals surface area contributed by atoms with Crippen molar-refractivity contribution in [2.45, 2.75) is 56.9 Å². The second-order valence-electron chi connectivity index (χ2n) is 7.72. The predicted octanol–water partition coefficient (Wildman–Crippen LogP) is 1.79. The van der Waals surface area contributed by atoms with E-state index in [9.17, 15) is 13.2 Å². The summed E-state index contributed by atoms with van der Waals surface area (Å²) < 4.78 is 27.5. The maximum absolute atomic E-state index is 13.0. The van der Waals surface area contributed by atoms with E-state index in [4.69, 9.17) is 0 Å². The molecule has 1 aliphatic heterocycles. The van der Waals surface area contributed by atoms with E-state index in [2.05, 4.69) is 12.2 Å². The smallest absolute Gasteiger partial charge is 0.243 e. The summed E-state index contributed by atoms with van der Waals surface area (Å²) in [7, 11) is -3.46. The molecule has 0 spiro atoms. The number of amides is 1. The lowest BCUT2D eigenvalue weighted by atomic mass is 10.1. The van der Waals surface area contributed by atoms with Crippen LogP contribution < -0.4 is 5.32 Å². The molecule has 0 bridgehead atoms. The summed E-state index contributed by atoms with van der Waals surface area (Å²) in [5.74, 6) is 0.0193. The van der Waals surface area contributed by atoms with Crippen molar-refractivity contribution in [3.05, 3.63) is 29.3 Å². The van der Waals surface area contributed by atoms with Gasteiger partial charge < -0.3 is 5.32 Å². The van der Waals surface area contributed by atoms with Crippen molar-refractivity contribution in [2.75, 3.05) is 32.7 Å². The number of fused-ring (bicyclic) bond motifs is 1. The molecular weight excluding hydrogens is 362 g/mol. The molecule has 27 heavy (non-hydrogen) atoms. The third kappa shape index (κ3) is 4.89. The Bertz CT molecular complexity index is 771. The Hall–Kier alpha value is -1.44. The van der Waals surface area contributed by atoms with Gasteiger partial charge in [-0.25, -0.2) is 8.42 Å². The number of nitrogens with zero attached hydrogens (tertiary/aromatic N) is 2. The average molecular weight is 394 g/mol. The molecule has 7 heteroatoms. The summed E-state index contributed by atoms with van der Waals surface area (Å²) in [6, 6.07) is 5.75. The van der Waals surface area contributed by atoms with Crippen LogP contribution in [0.5, 0.6) is 0 Å². The van der Waals surface area contributed by atoms with Crippen molar-refractivity contribution in [1.82, 2.24) is 14.5 Å². The first-order valence-corrected chi connectivity index (χ1v) is 11.5. The summed E-state index contributed by atoms with van der Waals surface area (Å²) in [5.41, 5.74) is 2.45. The van der Waals surface area contributed by atoms with Crippen LogP contribution in [0.2, 0.25) is 0 Å². The van der Waals surface area contributed by atoms with Gasteiger partial charge in [-0.05, 0) is 55.9 Å². The van der Waals surface area contributed by atoms with Crippen molar-refractivity contribution >= 4 is 15.9 Å². The summed E-state index contributed by atoms with van der Waals surface area (Å²) >= 11 is 0. The third-order valence-corrected chi connectivity index (χ3v) is 7.43. The predicted molar refractivity (Wildman–Crippen MR) is 106 cm³/mol. The van der Waals surface area contributed by atoms with Crippen LogP contribution in [0.4, 0.5) is 0 Å². The van der Waals surface area contributed by atoms with E-state index >= 15 is 0 Å². The molecule has 3 rings (SSSR count). The molecule has 0 saturated carbocycles. The average Bonchev–Trinajstić information content (AvgIpc) is 3.10. The Morgan fingerprint density at radius 1 is 1.15 bits per heavy atom. The monoisotopic (exact) mass is 393 g/mol. The van der Waals surface area contributed by atoms with Gasteiger partial charge in [0.25, 0.3) is 0 Å². The van der Waals surface area contributed by atoms with Crippen molar-refractivity contribution in [3.63, 3.8) is 0 Å². The highest BCUT2D eigenvalue weighted by molar-refractivity contribution is 7.89. The van der Waals surface area contributed by atoms with Crippen LogP contribution in [-0.4, -0.2) is 62.3 Å². The molecule has 1 aromatic carbocycles. The van der Waals surface area contributed by atoms with Crippen LogP contribution >= 0.6 is 0 Å². The maximum atomic E-state index is 13.0. The zero-order valence-electron chi connectivity index (χ0n) is 16.4. The lowest BCUT2D eigenvalue weighted by Crippen LogP contribution is -2.51. The highest BCUT2D eigenvalue weighted by atomic mass is 32.2. The molecule has 1 saturated heterocycles. The van der Waals surface area contributed by atoms with Gasteiger partial charge in [-0.15, -0.1) is 0 Å². The Morgan fingerprint density at radius 3 is 2.56 bits per heavy atom. The lowest BCUT2D eigenvalue weighted by molar-refractivity contribution is -0.123. The highest BCUT2D eigenvalue weighted by Crippen LogP contribution is 2.26. The molecule has 1 heterocycles. The standard InChI is InChI=1S/C20H31N3O3S/c1-3-5-16(2)21-20(24)15-22-10-12-23(13-11-22)27(25,26)19-9-8-17-6-4-7-18(17)14-19/h8-9,14,16H,3-7,10-13,15H2,1-2H3,(H,21,24)/t16-/m0/s1. The number of rotatable bonds is 7. The number of aryl methyl sites for hydroxylation is 2. The zero-order valence-corrected chi connectivity index (χ0v) is 17.2. The third-order valence-electron chi connectivity index (χ3n) is 5.54. The number of nitrogens with one attached hydrogen (secondary N) is 1. The van der Waals surface area contributed by atoms with Gasteiger partial charge in [0, 0.05) is 32.2 Å². The van der Waals surface area contributed by atoms with E-state index in [0.29, 0.717) is 37.6 Å². The molecular formula is C20H31N3O3S. The number of benzene rings is 1. The largest absolute Gasteiger partial charge is 0.353 e. The van der Waals surface area contributed by atoms with Gasteiger partial charge in [0.15, 0.2) is 0 Å². The Morgan fingerprint density at radius 2 is 1.85 bits per heavy atom. The zero-order chi connectivity index (χ0) is 19.4. The van der Waals surface area contributed by atoms with Gasteiger partial charge >= 0.3 is 0 Å². The molecule has 1 amide bonds. The van der Waals surface area contributed by atoms with Crippen molar-refractivity contribution in [3.8, 4) is 0 Å². The Balaban J connectivity index is 1.54. The minimum Gasteiger partial charge on any atom is -0.353 e. The molecule has 1 aliphatic carbocycles. The number of sulfonamides is 1.